The summed E-state index contributed by atoms with van der Waals surface area (Å²) in [7, 11) is 0. The summed E-state index contributed by atoms with van der Waals surface area (Å²) in [5.74, 6) is 0.847. The van der Waals surface area contributed by atoms with Crippen LogP contribution in [0.3, 0.4) is 0 Å². The Morgan fingerprint density at radius 3 is 2.66 bits per heavy atom. The molecular formula is C26H29ClFN5O2. The third-order valence-electron chi connectivity index (χ3n) is 6.89. The number of amides is 1. The van der Waals surface area contributed by atoms with Gasteiger partial charge in [0, 0.05) is 49.0 Å². The highest BCUT2D eigenvalue weighted by Crippen LogP contribution is 2.27. The third kappa shape index (κ3) is 5.49. The first-order valence-electron chi connectivity index (χ1n) is 12.1. The Kier molecular flexibility index (Phi) is 7.02. The Balaban J connectivity index is 1.16. The quantitative estimate of drug-likeness (QED) is 0.520. The first kappa shape index (κ1) is 23.8. The minimum atomic E-state index is -0.303. The predicted molar refractivity (Wildman–Crippen MR) is 133 cm³/mol. The van der Waals surface area contributed by atoms with Gasteiger partial charge in [0.1, 0.15) is 5.82 Å². The fraction of sp³-hybridized carbons (Fsp3) is 0.423. The smallest absolute Gasteiger partial charge is 0.241 e. The van der Waals surface area contributed by atoms with Gasteiger partial charge in [0.2, 0.25) is 17.6 Å². The molecule has 1 unspecified atom stereocenters. The number of carbonyl (C=O) groups is 1. The summed E-state index contributed by atoms with van der Waals surface area (Å²) >= 11 is 6.20. The maximum atomic E-state index is 13.3. The number of piperazine rings is 1. The van der Waals surface area contributed by atoms with E-state index < -0.39 is 0 Å². The average molecular weight is 498 g/mol. The van der Waals surface area contributed by atoms with E-state index in [9.17, 15) is 9.18 Å². The predicted octanol–water partition coefficient (Wildman–Crippen LogP) is 4.40. The van der Waals surface area contributed by atoms with Crippen molar-refractivity contribution in [3.05, 3.63) is 64.8 Å². The Morgan fingerprint density at radius 1 is 1.11 bits per heavy atom. The van der Waals surface area contributed by atoms with Crippen LogP contribution in [0.1, 0.15) is 24.3 Å². The van der Waals surface area contributed by atoms with Crippen molar-refractivity contribution in [2.45, 2.75) is 26.3 Å². The maximum Gasteiger partial charge on any atom is 0.241 e. The van der Waals surface area contributed by atoms with Gasteiger partial charge in [0.15, 0.2) is 0 Å². The molecule has 0 aliphatic carbocycles. The zero-order valence-electron chi connectivity index (χ0n) is 19.8. The second-order valence-electron chi connectivity index (χ2n) is 9.34. The lowest BCUT2D eigenvalue weighted by Gasteiger charge is -2.40. The number of nitrogens with zero attached hydrogens (tertiary/aromatic N) is 5. The third-order valence-corrected chi connectivity index (χ3v) is 7.12. The summed E-state index contributed by atoms with van der Waals surface area (Å²) in [5, 5.41) is 4.76. The monoisotopic (exact) mass is 497 g/mol. The van der Waals surface area contributed by atoms with Crippen molar-refractivity contribution in [1.82, 2.24) is 19.9 Å². The minimum absolute atomic E-state index is 0.0253. The van der Waals surface area contributed by atoms with Crippen LogP contribution < -0.4 is 4.90 Å². The molecule has 9 heteroatoms. The van der Waals surface area contributed by atoms with Gasteiger partial charge >= 0.3 is 0 Å². The van der Waals surface area contributed by atoms with Gasteiger partial charge in [-0.3, -0.25) is 9.69 Å². The van der Waals surface area contributed by atoms with Crippen molar-refractivity contribution in [3.63, 3.8) is 0 Å². The number of hydrogen-bond donors (Lipinski definition) is 0. The number of likely N-dealkylation sites (tertiary alicyclic amines) is 1. The molecule has 0 N–H and O–H groups in total. The molecule has 0 spiro atoms. The molecule has 2 aliphatic rings. The Labute approximate surface area is 209 Å². The number of rotatable bonds is 5. The van der Waals surface area contributed by atoms with Crippen molar-refractivity contribution in [2.75, 3.05) is 44.2 Å². The number of benzene rings is 2. The van der Waals surface area contributed by atoms with E-state index in [1.165, 1.54) is 17.7 Å². The average Bonchev–Trinajstić information content (AvgIpc) is 3.34. The van der Waals surface area contributed by atoms with Crippen LogP contribution >= 0.6 is 11.6 Å². The second-order valence-corrected chi connectivity index (χ2v) is 9.77. The van der Waals surface area contributed by atoms with Gasteiger partial charge in [-0.15, -0.1) is 0 Å². The van der Waals surface area contributed by atoms with Crippen LogP contribution in [0.5, 0.6) is 0 Å². The normalized spacial score (nSPS) is 19.2. The molecule has 0 bridgehead atoms. The van der Waals surface area contributed by atoms with E-state index in [1.54, 1.807) is 12.1 Å². The zero-order valence-corrected chi connectivity index (χ0v) is 20.5. The lowest BCUT2D eigenvalue weighted by Crippen LogP contribution is -2.52. The first-order valence-corrected chi connectivity index (χ1v) is 12.4. The highest BCUT2D eigenvalue weighted by molar-refractivity contribution is 6.30. The first-order chi connectivity index (χ1) is 17.0. The fourth-order valence-corrected chi connectivity index (χ4v) is 5.14. The van der Waals surface area contributed by atoms with Crippen LogP contribution in [-0.2, 0) is 11.3 Å². The van der Waals surface area contributed by atoms with E-state index in [1.807, 2.05) is 23.1 Å². The molecule has 5 rings (SSSR count). The summed E-state index contributed by atoms with van der Waals surface area (Å²) in [6.45, 7) is 7.19. The van der Waals surface area contributed by atoms with Crippen molar-refractivity contribution in [1.29, 1.82) is 0 Å². The van der Waals surface area contributed by atoms with Gasteiger partial charge in [0.05, 0.1) is 12.5 Å². The van der Waals surface area contributed by atoms with E-state index in [-0.39, 0.29) is 17.6 Å². The van der Waals surface area contributed by atoms with Crippen LogP contribution in [-0.4, -0.2) is 65.1 Å². The highest BCUT2D eigenvalue weighted by atomic mass is 35.5. The SMILES string of the molecule is Cc1ccc(Cl)cc1N1CCN(C(=O)C2CCCN(Cc3nc(-c4ccc(F)cc4)no3)C2)CC1. The standard InChI is InChI=1S/C26H29ClFN5O2/c1-18-4-7-21(27)15-23(18)32-11-13-33(14-12-32)26(34)20-3-2-10-31(16-20)17-24-29-25(30-35-24)19-5-8-22(28)9-6-19/h4-9,15,20H,2-3,10-14,16-17H2,1H3. The summed E-state index contributed by atoms with van der Waals surface area (Å²) in [6, 6.07) is 12.0. The zero-order chi connectivity index (χ0) is 24.4. The van der Waals surface area contributed by atoms with E-state index in [0.717, 1.165) is 43.2 Å². The summed E-state index contributed by atoms with van der Waals surface area (Å²) in [5.41, 5.74) is 3.05. The molecular weight excluding hydrogens is 469 g/mol. The molecule has 3 heterocycles. The van der Waals surface area contributed by atoms with Gasteiger partial charge in [-0.1, -0.05) is 22.8 Å². The molecule has 0 radical (unpaired) electrons. The van der Waals surface area contributed by atoms with E-state index >= 15 is 0 Å². The molecule has 184 valence electrons. The number of hydrogen-bond acceptors (Lipinski definition) is 6. The summed E-state index contributed by atoms with van der Waals surface area (Å²) in [4.78, 5) is 24.3. The van der Waals surface area contributed by atoms with Crippen LogP contribution in [0.15, 0.2) is 47.0 Å². The van der Waals surface area contributed by atoms with Crippen LogP contribution in [0.25, 0.3) is 11.4 Å². The van der Waals surface area contributed by atoms with E-state index in [0.29, 0.717) is 43.5 Å². The molecule has 1 aromatic heterocycles. The van der Waals surface area contributed by atoms with Crippen molar-refractivity contribution in [2.24, 2.45) is 5.92 Å². The van der Waals surface area contributed by atoms with Crippen LogP contribution in [0.4, 0.5) is 10.1 Å². The van der Waals surface area contributed by atoms with Crippen molar-refractivity contribution < 1.29 is 13.7 Å². The Bertz CT molecular complexity index is 1180. The molecule has 2 aromatic carbocycles. The number of anilines is 1. The number of carbonyl (C=O) groups excluding carboxylic acids is 1. The summed E-state index contributed by atoms with van der Waals surface area (Å²) in [6.07, 6.45) is 1.85. The van der Waals surface area contributed by atoms with Gasteiger partial charge < -0.3 is 14.3 Å². The molecule has 3 aromatic rings. The van der Waals surface area contributed by atoms with Crippen molar-refractivity contribution >= 4 is 23.2 Å². The van der Waals surface area contributed by atoms with Gasteiger partial charge in [0.25, 0.3) is 0 Å². The minimum Gasteiger partial charge on any atom is -0.368 e. The molecule has 2 aliphatic heterocycles. The maximum absolute atomic E-state index is 13.3. The molecule has 2 fully saturated rings. The molecule has 35 heavy (non-hydrogen) atoms. The fourth-order valence-electron chi connectivity index (χ4n) is 4.98. The number of aryl methyl sites for hydroxylation is 1. The largest absolute Gasteiger partial charge is 0.368 e. The molecule has 2 saturated heterocycles. The Morgan fingerprint density at radius 2 is 1.89 bits per heavy atom. The molecule has 1 amide bonds. The molecule has 1 atom stereocenters. The topological polar surface area (TPSA) is 65.7 Å². The van der Waals surface area contributed by atoms with Crippen LogP contribution in [0.2, 0.25) is 5.02 Å². The lowest BCUT2D eigenvalue weighted by atomic mass is 9.96. The number of piperidine rings is 1. The van der Waals surface area contributed by atoms with Gasteiger partial charge in [-0.2, -0.15) is 4.98 Å². The number of aromatic nitrogens is 2. The van der Waals surface area contributed by atoms with Crippen molar-refractivity contribution in [3.8, 4) is 11.4 Å². The highest BCUT2D eigenvalue weighted by Gasteiger charge is 2.32. The van der Waals surface area contributed by atoms with E-state index in [4.69, 9.17) is 16.1 Å². The molecule has 0 saturated carbocycles. The van der Waals surface area contributed by atoms with Gasteiger partial charge in [-0.05, 0) is 68.3 Å². The molecule has 7 nitrogen and oxygen atoms in total. The second kappa shape index (κ2) is 10.3. The number of halogens is 2. The van der Waals surface area contributed by atoms with E-state index in [2.05, 4.69) is 26.9 Å². The van der Waals surface area contributed by atoms with Crippen LogP contribution in [0, 0.1) is 18.7 Å². The van der Waals surface area contributed by atoms with Gasteiger partial charge in [-0.25, -0.2) is 4.39 Å². The summed E-state index contributed by atoms with van der Waals surface area (Å²) < 4.78 is 18.6. The Hall–Kier alpha value is -2.97. The lowest BCUT2D eigenvalue weighted by molar-refractivity contribution is -0.137.